The maximum Gasteiger partial charge on any atom is 0.335 e. The van der Waals surface area contributed by atoms with Crippen molar-refractivity contribution in [3.8, 4) is 5.75 Å². The van der Waals surface area contributed by atoms with Crippen molar-refractivity contribution < 1.29 is 19.1 Å². The minimum atomic E-state index is -0.789. The summed E-state index contributed by atoms with van der Waals surface area (Å²) in [6, 6.07) is 17.4. The second-order valence-electron chi connectivity index (χ2n) is 8.13. The number of barbiturate groups is 1. The molecule has 1 aliphatic rings. The first kappa shape index (κ1) is 23.3. The maximum atomic E-state index is 13.3. The Morgan fingerprint density at radius 1 is 0.971 bits per heavy atom. The standard InChI is InChI=1S/C27H23ClN2O4/c1-16-7-9-19(10-8-16)15-34-24-12-11-21(28)13-20(24)14-22-25(31)29-27(33)30(26(22)32)23-6-4-5-17(2)18(23)3/h4-14H,15H2,1-3H3,(H,29,31,33)/b22-14+. The van der Waals surface area contributed by atoms with Crippen molar-refractivity contribution in [1.82, 2.24) is 5.32 Å². The number of benzene rings is 3. The smallest absolute Gasteiger partial charge is 0.335 e. The lowest BCUT2D eigenvalue weighted by molar-refractivity contribution is -0.122. The van der Waals surface area contributed by atoms with Gasteiger partial charge in [-0.1, -0.05) is 53.6 Å². The quantitative estimate of drug-likeness (QED) is 0.390. The van der Waals surface area contributed by atoms with Crippen LogP contribution in [0.1, 0.15) is 27.8 Å². The maximum absolute atomic E-state index is 13.3. The van der Waals surface area contributed by atoms with Crippen molar-refractivity contribution >= 4 is 41.2 Å². The summed E-state index contributed by atoms with van der Waals surface area (Å²) in [5, 5.41) is 2.67. The van der Waals surface area contributed by atoms with Crippen LogP contribution in [0, 0.1) is 20.8 Å². The van der Waals surface area contributed by atoms with Crippen LogP contribution in [0.15, 0.2) is 66.2 Å². The summed E-state index contributed by atoms with van der Waals surface area (Å²) in [4.78, 5) is 39.5. The van der Waals surface area contributed by atoms with Gasteiger partial charge in [-0.05, 0) is 67.8 Å². The first-order valence-electron chi connectivity index (χ1n) is 10.7. The Kier molecular flexibility index (Phi) is 6.52. The highest BCUT2D eigenvalue weighted by atomic mass is 35.5. The summed E-state index contributed by atoms with van der Waals surface area (Å²) in [6.45, 7) is 6.01. The molecule has 1 heterocycles. The largest absolute Gasteiger partial charge is 0.488 e. The average molecular weight is 475 g/mol. The zero-order valence-corrected chi connectivity index (χ0v) is 19.8. The molecule has 0 bridgehead atoms. The first-order chi connectivity index (χ1) is 16.2. The van der Waals surface area contributed by atoms with Crippen molar-refractivity contribution in [3.63, 3.8) is 0 Å². The number of nitrogens with zero attached hydrogens (tertiary/aromatic N) is 1. The van der Waals surface area contributed by atoms with Crippen LogP contribution in [0.5, 0.6) is 5.75 Å². The molecule has 1 aliphatic heterocycles. The summed E-state index contributed by atoms with van der Waals surface area (Å²) in [6.07, 6.45) is 1.40. The lowest BCUT2D eigenvalue weighted by atomic mass is 10.0. The molecule has 1 fully saturated rings. The fourth-order valence-electron chi connectivity index (χ4n) is 3.62. The highest BCUT2D eigenvalue weighted by Crippen LogP contribution is 2.30. The van der Waals surface area contributed by atoms with Crippen LogP contribution in [0.2, 0.25) is 5.02 Å². The molecule has 0 spiro atoms. The number of urea groups is 1. The van der Waals surface area contributed by atoms with Crippen LogP contribution >= 0.6 is 11.6 Å². The number of hydrogen-bond donors (Lipinski definition) is 1. The predicted octanol–water partition coefficient (Wildman–Crippen LogP) is 5.51. The molecule has 4 rings (SSSR count). The Balaban J connectivity index is 1.69. The molecule has 0 radical (unpaired) electrons. The molecule has 3 aromatic rings. The molecule has 0 saturated carbocycles. The number of halogens is 1. The van der Waals surface area contributed by atoms with E-state index in [1.165, 1.54) is 6.08 Å². The van der Waals surface area contributed by atoms with E-state index in [4.69, 9.17) is 16.3 Å². The number of aryl methyl sites for hydroxylation is 2. The van der Waals surface area contributed by atoms with Crippen LogP contribution in [0.3, 0.4) is 0 Å². The number of imide groups is 2. The number of nitrogens with one attached hydrogen (secondary N) is 1. The molecule has 0 aliphatic carbocycles. The van der Waals surface area contributed by atoms with Crippen molar-refractivity contribution in [2.75, 3.05) is 4.90 Å². The summed E-state index contributed by atoms with van der Waals surface area (Å²) in [5.74, 6) is -1.04. The van der Waals surface area contributed by atoms with E-state index < -0.39 is 17.8 Å². The zero-order valence-electron chi connectivity index (χ0n) is 19.0. The van der Waals surface area contributed by atoms with Gasteiger partial charge in [-0.3, -0.25) is 14.9 Å². The summed E-state index contributed by atoms with van der Waals surface area (Å²) >= 11 is 6.19. The number of anilines is 1. The molecule has 3 aromatic carbocycles. The van der Waals surface area contributed by atoms with E-state index in [-0.39, 0.29) is 5.57 Å². The monoisotopic (exact) mass is 474 g/mol. The van der Waals surface area contributed by atoms with E-state index in [2.05, 4.69) is 5.32 Å². The fraction of sp³-hybridized carbons (Fsp3) is 0.148. The highest BCUT2D eigenvalue weighted by molar-refractivity contribution is 6.39. The molecule has 1 N–H and O–H groups in total. The molecular weight excluding hydrogens is 452 g/mol. The van der Waals surface area contributed by atoms with E-state index >= 15 is 0 Å². The molecule has 1 saturated heterocycles. The molecule has 34 heavy (non-hydrogen) atoms. The Morgan fingerprint density at radius 3 is 2.44 bits per heavy atom. The molecule has 0 aromatic heterocycles. The summed E-state index contributed by atoms with van der Waals surface area (Å²) in [7, 11) is 0. The van der Waals surface area contributed by atoms with Gasteiger partial charge in [0, 0.05) is 10.6 Å². The summed E-state index contributed by atoms with van der Waals surface area (Å²) < 4.78 is 5.97. The van der Waals surface area contributed by atoms with E-state index in [1.807, 2.05) is 51.1 Å². The third kappa shape index (κ3) is 4.72. The van der Waals surface area contributed by atoms with E-state index in [1.54, 1.807) is 30.3 Å². The zero-order chi connectivity index (χ0) is 24.4. The van der Waals surface area contributed by atoms with Crippen LogP contribution in [0.4, 0.5) is 10.5 Å². The number of amides is 4. The van der Waals surface area contributed by atoms with Gasteiger partial charge in [0.25, 0.3) is 11.8 Å². The van der Waals surface area contributed by atoms with Gasteiger partial charge in [-0.25, -0.2) is 9.69 Å². The van der Waals surface area contributed by atoms with Gasteiger partial charge in [0.05, 0.1) is 5.69 Å². The Hall–Kier alpha value is -3.90. The fourth-order valence-corrected chi connectivity index (χ4v) is 3.80. The molecule has 4 amide bonds. The predicted molar refractivity (Wildman–Crippen MR) is 132 cm³/mol. The van der Waals surface area contributed by atoms with E-state index in [0.29, 0.717) is 28.6 Å². The van der Waals surface area contributed by atoms with Crippen LogP contribution in [-0.4, -0.2) is 17.8 Å². The average Bonchev–Trinajstić information content (AvgIpc) is 2.80. The van der Waals surface area contributed by atoms with Crippen LogP contribution in [0.25, 0.3) is 6.08 Å². The molecule has 0 atom stereocenters. The third-order valence-electron chi connectivity index (χ3n) is 5.71. The lowest BCUT2D eigenvalue weighted by Gasteiger charge is -2.28. The van der Waals surface area contributed by atoms with Crippen LogP contribution < -0.4 is 15.0 Å². The molecule has 0 unspecified atom stereocenters. The molecule has 7 heteroatoms. The SMILES string of the molecule is Cc1ccc(COc2ccc(Cl)cc2/C=C2\C(=O)NC(=O)N(c3cccc(C)c3C)C2=O)cc1. The van der Waals surface area contributed by atoms with Crippen molar-refractivity contribution in [1.29, 1.82) is 0 Å². The van der Waals surface area contributed by atoms with Crippen molar-refractivity contribution in [2.45, 2.75) is 27.4 Å². The molecular formula is C27H23ClN2O4. The van der Waals surface area contributed by atoms with Gasteiger partial charge in [0.1, 0.15) is 17.9 Å². The van der Waals surface area contributed by atoms with Gasteiger partial charge in [0.2, 0.25) is 0 Å². The van der Waals surface area contributed by atoms with Crippen molar-refractivity contribution in [2.24, 2.45) is 0 Å². The minimum Gasteiger partial charge on any atom is -0.488 e. The normalized spacial score (nSPS) is 15.0. The summed E-state index contributed by atoms with van der Waals surface area (Å²) in [5.41, 5.74) is 4.48. The van der Waals surface area contributed by atoms with Crippen molar-refractivity contribution in [3.05, 3.63) is 99.1 Å². The van der Waals surface area contributed by atoms with Gasteiger partial charge in [-0.2, -0.15) is 0 Å². The molecule has 6 nitrogen and oxygen atoms in total. The van der Waals surface area contributed by atoms with E-state index in [0.717, 1.165) is 27.2 Å². The minimum absolute atomic E-state index is 0.192. The number of carbonyl (C=O) groups is 3. The Morgan fingerprint density at radius 2 is 1.71 bits per heavy atom. The first-order valence-corrected chi connectivity index (χ1v) is 11.1. The third-order valence-corrected chi connectivity index (χ3v) is 5.94. The Bertz CT molecular complexity index is 1330. The van der Waals surface area contributed by atoms with Gasteiger partial charge < -0.3 is 4.74 Å². The number of rotatable bonds is 5. The number of ether oxygens (including phenoxy) is 1. The van der Waals surface area contributed by atoms with Gasteiger partial charge >= 0.3 is 6.03 Å². The highest BCUT2D eigenvalue weighted by Gasteiger charge is 2.37. The number of hydrogen-bond acceptors (Lipinski definition) is 4. The second kappa shape index (κ2) is 9.53. The Labute approximate surface area is 202 Å². The van der Waals surface area contributed by atoms with E-state index in [9.17, 15) is 14.4 Å². The topological polar surface area (TPSA) is 75.7 Å². The number of carbonyl (C=O) groups excluding carboxylic acids is 3. The van der Waals surface area contributed by atoms with Gasteiger partial charge in [0.15, 0.2) is 0 Å². The van der Waals surface area contributed by atoms with Crippen LogP contribution in [-0.2, 0) is 16.2 Å². The lowest BCUT2D eigenvalue weighted by Crippen LogP contribution is -2.54. The van der Waals surface area contributed by atoms with Gasteiger partial charge in [-0.15, -0.1) is 0 Å². The molecule has 172 valence electrons. The second-order valence-corrected chi connectivity index (χ2v) is 8.57.